The van der Waals surface area contributed by atoms with Gasteiger partial charge in [0.15, 0.2) is 0 Å². The highest BCUT2D eigenvalue weighted by molar-refractivity contribution is 5.62. The highest BCUT2D eigenvalue weighted by atomic mass is 16.5. The molecule has 27 heavy (non-hydrogen) atoms. The summed E-state index contributed by atoms with van der Waals surface area (Å²) in [4.78, 5) is 9.21. The predicted molar refractivity (Wildman–Crippen MR) is 112 cm³/mol. The number of hydrogen-bond donors (Lipinski definition) is 0. The standard InChI is InChI=1S/C24H34N2O/c1-3-4-5-6-19-7-9-20(10-8-19)11-16-24-25-17-22(18-26-24)21-12-14-23(27-2)15-13-21/h12-15,17-20H,3-11,16H2,1-2H3/t19-,20-. The SMILES string of the molecule is CCCCC[C@H]1CC[C@H](CCc2ncc(-c3ccc(OC)cc3)cn2)CC1. The third kappa shape index (κ3) is 6.05. The molecule has 3 nitrogen and oxygen atoms in total. The second kappa shape index (κ2) is 10.4. The Morgan fingerprint density at radius 2 is 1.48 bits per heavy atom. The van der Waals surface area contributed by atoms with Crippen molar-refractivity contribution in [3.8, 4) is 16.9 Å². The lowest BCUT2D eigenvalue weighted by molar-refractivity contribution is 0.248. The highest BCUT2D eigenvalue weighted by Crippen LogP contribution is 2.34. The third-order valence-corrected chi connectivity index (χ3v) is 6.09. The van der Waals surface area contributed by atoms with E-state index in [1.165, 1.54) is 57.8 Å². The molecule has 0 amide bonds. The van der Waals surface area contributed by atoms with Crippen LogP contribution in [0.2, 0.25) is 0 Å². The van der Waals surface area contributed by atoms with E-state index in [-0.39, 0.29) is 0 Å². The summed E-state index contributed by atoms with van der Waals surface area (Å²) in [5.74, 6) is 3.72. The van der Waals surface area contributed by atoms with Crippen molar-refractivity contribution in [2.24, 2.45) is 11.8 Å². The predicted octanol–water partition coefficient (Wildman–Crippen LogP) is 6.47. The zero-order valence-electron chi connectivity index (χ0n) is 17.0. The quantitative estimate of drug-likeness (QED) is 0.477. The minimum Gasteiger partial charge on any atom is -0.497 e. The van der Waals surface area contributed by atoms with Gasteiger partial charge in [-0.15, -0.1) is 0 Å². The first-order chi connectivity index (χ1) is 13.3. The summed E-state index contributed by atoms with van der Waals surface area (Å²) in [6.45, 7) is 2.29. The number of nitrogens with zero attached hydrogens (tertiary/aromatic N) is 2. The Morgan fingerprint density at radius 1 is 0.852 bits per heavy atom. The molecule has 0 saturated heterocycles. The van der Waals surface area contributed by atoms with Gasteiger partial charge in [-0.1, -0.05) is 70.4 Å². The Bertz CT molecular complexity index is 658. The van der Waals surface area contributed by atoms with E-state index in [0.717, 1.165) is 41.0 Å². The third-order valence-electron chi connectivity index (χ3n) is 6.09. The fraction of sp³-hybridized carbons (Fsp3) is 0.583. The number of benzene rings is 1. The Morgan fingerprint density at radius 3 is 2.07 bits per heavy atom. The summed E-state index contributed by atoms with van der Waals surface area (Å²) in [5, 5.41) is 0. The zero-order valence-corrected chi connectivity index (χ0v) is 17.0. The van der Waals surface area contributed by atoms with Crippen LogP contribution >= 0.6 is 0 Å². The molecule has 0 N–H and O–H groups in total. The van der Waals surface area contributed by atoms with Crippen LogP contribution in [0.3, 0.4) is 0 Å². The monoisotopic (exact) mass is 366 g/mol. The molecule has 1 fully saturated rings. The summed E-state index contributed by atoms with van der Waals surface area (Å²) in [5.41, 5.74) is 2.19. The van der Waals surface area contributed by atoms with Crippen molar-refractivity contribution in [1.82, 2.24) is 9.97 Å². The molecule has 0 atom stereocenters. The lowest BCUT2D eigenvalue weighted by atomic mass is 9.78. The van der Waals surface area contributed by atoms with Crippen LogP contribution in [0.5, 0.6) is 5.75 Å². The molecule has 2 aromatic rings. The number of aryl methyl sites for hydroxylation is 1. The van der Waals surface area contributed by atoms with E-state index in [4.69, 9.17) is 4.74 Å². The summed E-state index contributed by atoms with van der Waals surface area (Å²) in [7, 11) is 1.69. The van der Waals surface area contributed by atoms with Gasteiger partial charge in [0, 0.05) is 24.4 Å². The molecular formula is C24H34N2O. The maximum Gasteiger partial charge on any atom is 0.128 e. The largest absolute Gasteiger partial charge is 0.497 e. The van der Waals surface area contributed by atoms with Gasteiger partial charge in [-0.05, 0) is 36.0 Å². The van der Waals surface area contributed by atoms with Crippen molar-refractivity contribution in [3.63, 3.8) is 0 Å². The van der Waals surface area contributed by atoms with Gasteiger partial charge in [0.05, 0.1) is 7.11 Å². The van der Waals surface area contributed by atoms with Gasteiger partial charge in [-0.25, -0.2) is 9.97 Å². The van der Waals surface area contributed by atoms with Crippen LogP contribution in [0.25, 0.3) is 11.1 Å². The van der Waals surface area contributed by atoms with Gasteiger partial charge in [0.2, 0.25) is 0 Å². The van der Waals surface area contributed by atoms with Crippen LogP contribution in [0.4, 0.5) is 0 Å². The van der Waals surface area contributed by atoms with Crippen LogP contribution in [-0.2, 0) is 6.42 Å². The molecule has 0 radical (unpaired) electrons. The van der Waals surface area contributed by atoms with Crippen LogP contribution < -0.4 is 4.74 Å². The van der Waals surface area contributed by atoms with Crippen molar-refractivity contribution in [1.29, 1.82) is 0 Å². The maximum absolute atomic E-state index is 5.21. The fourth-order valence-corrected chi connectivity index (χ4v) is 4.24. The number of methoxy groups -OCH3 is 1. The molecule has 0 aliphatic heterocycles. The molecule has 1 saturated carbocycles. The minimum atomic E-state index is 0.872. The molecule has 1 aliphatic carbocycles. The zero-order chi connectivity index (χ0) is 18.9. The maximum atomic E-state index is 5.21. The first kappa shape index (κ1) is 19.9. The van der Waals surface area contributed by atoms with Gasteiger partial charge < -0.3 is 4.74 Å². The number of unbranched alkanes of at least 4 members (excludes halogenated alkanes) is 2. The Balaban J connectivity index is 1.42. The summed E-state index contributed by atoms with van der Waals surface area (Å²) < 4.78 is 5.21. The van der Waals surface area contributed by atoms with Gasteiger partial charge in [0.25, 0.3) is 0 Å². The molecule has 1 aromatic carbocycles. The Labute approximate surface area is 164 Å². The first-order valence-electron chi connectivity index (χ1n) is 10.7. The van der Waals surface area contributed by atoms with Crippen LogP contribution in [-0.4, -0.2) is 17.1 Å². The number of ether oxygens (including phenoxy) is 1. The molecule has 1 heterocycles. The van der Waals surface area contributed by atoms with Crippen molar-refractivity contribution >= 4 is 0 Å². The van der Waals surface area contributed by atoms with E-state index in [1.807, 2.05) is 24.5 Å². The topological polar surface area (TPSA) is 35.0 Å². The second-order valence-electron chi connectivity index (χ2n) is 8.04. The van der Waals surface area contributed by atoms with Crippen molar-refractivity contribution in [2.45, 2.75) is 71.1 Å². The van der Waals surface area contributed by atoms with E-state index < -0.39 is 0 Å². The minimum absolute atomic E-state index is 0.872. The van der Waals surface area contributed by atoms with Crippen LogP contribution in [0, 0.1) is 11.8 Å². The molecule has 146 valence electrons. The van der Waals surface area contributed by atoms with Crippen LogP contribution in [0.15, 0.2) is 36.7 Å². The molecule has 0 spiro atoms. The lowest BCUT2D eigenvalue weighted by Crippen LogP contribution is -2.15. The summed E-state index contributed by atoms with van der Waals surface area (Å²) in [6.07, 6.45) is 17.5. The van der Waals surface area contributed by atoms with E-state index in [1.54, 1.807) is 7.11 Å². The van der Waals surface area contributed by atoms with Gasteiger partial charge in [-0.3, -0.25) is 0 Å². The smallest absolute Gasteiger partial charge is 0.128 e. The number of aromatic nitrogens is 2. The normalized spacial score (nSPS) is 19.8. The highest BCUT2D eigenvalue weighted by Gasteiger charge is 2.20. The first-order valence-corrected chi connectivity index (χ1v) is 10.7. The lowest BCUT2D eigenvalue weighted by Gasteiger charge is -2.28. The Kier molecular flexibility index (Phi) is 7.67. The van der Waals surface area contributed by atoms with Gasteiger partial charge in [-0.2, -0.15) is 0 Å². The van der Waals surface area contributed by atoms with Crippen molar-refractivity contribution in [3.05, 3.63) is 42.5 Å². The molecule has 1 aromatic heterocycles. The van der Waals surface area contributed by atoms with E-state index in [9.17, 15) is 0 Å². The fourth-order valence-electron chi connectivity index (χ4n) is 4.24. The summed E-state index contributed by atoms with van der Waals surface area (Å²) >= 11 is 0. The van der Waals surface area contributed by atoms with E-state index >= 15 is 0 Å². The van der Waals surface area contributed by atoms with E-state index in [2.05, 4.69) is 29.0 Å². The Hall–Kier alpha value is -1.90. The van der Waals surface area contributed by atoms with Crippen molar-refractivity contribution < 1.29 is 4.74 Å². The molecule has 0 unspecified atom stereocenters. The molecular weight excluding hydrogens is 332 g/mol. The second-order valence-corrected chi connectivity index (χ2v) is 8.04. The molecule has 1 aliphatic rings. The average Bonchev–Trinajstić information content (AvgIpc) is 2.74. The number of hydrogen-bond acceptors (Lipinski definition) is 3. The molecule has 3 heteroatoms. The molecule has 0 bridgehead atoms. The number of rotatable bonds is 9. The summed E-state index contributed by atoms with van der Waals surface area (Å²) in [6, 6.07) is 8.05. The average molecular weight is 367 g/mol. The van der Waals surface area contributed by atoms with Crippen molar-refractivity contribution in [2.75, 3.05) is 7.11 Å². The van der Waals surface area contributed by atoms with Gasteiger partial charge >= 0.3 is 0 Å². The van der Waals surface area contributed by atoms with E-state index in [0.29, 0.717) is 0 Å². The van der Waals surface area contributed by atoms with Gasteiger partial charge in [0.1, 0.15) is 11.6 Å². The van der Waals surface area contributed by atoms with Crippen LogP contribution in [0.1, 0.15) is 70.5 Å². The molecule has 3 rings (SSSR count).